The topological polar surface area (TPSA) is 146 Å². The molecule has 0 atom stereocenters. The van der Waals surface area contributed by atoms with E-state index in [4.69, 9.17) is 21.9 Å². The van der Waals surface area contributed by atoms with Gasteiger partial charge in [0.25, 0.3) is 0 Å². The number of nitrogens with one attached hydrogen (secondary N) is 1. The molecule has 0 fully saturated rings. The van der Waals surface area contributed by atoms with Crippen LogP contribution in [0.5, 0.6) is 0 Å². The fourth-order valence-corrected chi connectivity index (χ4v) is 3.08. The highest BCUT2D eigenvalue weighted by atomic mass is 16.4. The average Bonchev–Trinajstić information content (AvgIpc) is 3.21. The number of oxime groups is 2. The average molecular weight is 386 g/mol. The van der Waals surface area contributed by atoms with E-state index in [9.17, 15) is 0 Å². The maximum absolute atomic E-state index is 8.83. The minimum atomic E-state index is 0.0467. The van der Waals surface area contributed by atoms with E-state index in [2.05, 4.69) is 20.3 Å². The highest BCUT2D eigenvalue weighted by Crippen LogP contribution is 2.25. The van der Waals surface area contributed by atoms with Crippen molar-refractivity contribution in [2.24, 2.45) is 21.8 Å². The summed E-state index contributed by atoms with van der Waals surface area (Å²) >= 11 is 0. The van der Waals surface area contributed by atoms with E-state index in [1.807, 2.05) is 42.5 Å². The minimum absolute atomic E-state index is 0.0467. The smallest absolute Gasteiger partial charge is 0.170 e. The van der Waals surface area contributed by atoms with Gasteiger partial charge in [0.15, 0.2) is 11.7 Å². The second kappa shape index (κ2) is 7.35. The van der Waals surface area contributed by atoms with Crippen LogP contribution in [0.2, 0.25) is 0 Å². The largest absolute Gasteiger partial charge is 0.409 e. The number of amidine groups is 2. The molecule has 3 aromatic carbocycles. The van der Waals surface area contributed by atoms with Gasteiger partial charge in [-0.15, -0.1) is 0 Å². The minimum Gasteiger partial charge on any atom is -0.409 e. The van der Waals surface area contributed by atoms with Gasteiger partial charge in [0.05, 0.1) is 11.0 Å². The van der Waals surface area contributed by atoms with Crippen LogP contribution in [0.4, 0.5) is 0 Å². The maximum atomic E-state index is 8.83. The number of rotatable bonds is 4. The monoisotopic (exact) mass is 386 g/mol. The van der Waals surface area contributed by atoms with Crippen molar-refractivity contribution in [2.75, 3.05) is 0 Å². The predicted molar refractivity (Wildman–Crippen MR) is 112 cm³/mol. The van der Waals surface area contributed by atoms with Crippen molar-refractivity contribution < 1.29 is 10.4 Å². The molecule has 1 heterocycles. The molecule has 4 rings (SSSR count). The summed E-state index contributed by atoms with van der Waals surface area (Å²) < 4.78 is 0. The first-order valence-corrected chi connectivity index (χ1v) is 8.75. The third-order valence-electron chi connectivity index (χ3n) is 4.67. The Bertz CT molecular complexity index is 1220. The number of hydrogen-bond acceptors (Lipinski definition) is 5. The predicted octanol–water partition coefficient (Wildman–Crippen LogP) is 3.09. The SMILES string of the molecule is NC(=NO)c1ccc(-c2ccc(-c3nc4ccc(C(N)=NO)cc4[nH]3)cc2)cc1. The van der Waals surface area contributed by atoms with E-state index in [1.165, 1.54) is 0 Å². The molecule has 0 spiro atoms. The number of benzene rings is 3. The molecule has 0 unspecified atom stereocenters. The van der Waals surface area contributed by atoms with Gasteiger partial charge in [-0.25, -0.2) is 4.98 Å². The van der Waals surface area contributed by atoms with Gasteiger partial charge in [0.1, 0.15) is 5.82 Å². The van der Waals surface area contributed by atoms with Crippen molar-refractivity contribution in [2.45, 2.75) is 0 Å². The molecule has 8 nitrogen and oxygen atoms in total. The van der Waals surface area contributed by atoms with Gasteiger partial charge in [0, 0.05) is 16.7 Å². The number of nitrogens with two attached hydrogens (primary N) is 2. The highest BCUT2D eigenvalue weighted by molar-refractivity contribution is 6.00. The Balaban J connectivity index is 1.62. The number of nitrogens with zero attached hydrogens (tertiary/aromatic N) is 3. The molecule has 0 aliphatic rings. The fourth-order valence-electron chi connectivity index (χ4n) is 3.08. The van der Waals surface area contributed by atoms with Crippen molar-refractivity contribution in [3.05, 3.63) is 77.9 Å². The van der Waals surface area contributed by atoms with E-state index in [1.54, 1.807) is 24.3 Å². The van der Waals surface area contributed by atoms with Crippen LogP contribution in [0.3, 0.4) is 0 Å². The van der Waals surface area contributed by atoms with E-state index in [-0.39, 0.29) is 11.7 Å². The summed E-state index contributed by atoms with van der Waals surface area (Å²) in [5.74, 6) is 0.850. The number of aromatic nitrogens is 2. The molecular formula is C21H18N6O2. The zero-order valence-corrected chi connectivity index (χ0v) is 15.2. The van der Waals surface area contributed by atoms with Crippen LogP contribution in [0, 0.1) is 0 Å². The summed E-state index contributed by atoms with van der Waals surface area (Å²) in [5, 5.41) is 23.6. The lowest BCUT2D eigenvalue weighted by Crippen LogP contribution is -2.12. The first-order valence-electron chi connectivity index (χ1n) is 8.75. The van der Waals surface area contributed by atoms with Crippen LogP contribution in [0.15, 0.2) is 77.0 Å². The van der Waals surface area contributed by atoms with E-state index >= 15 is 0 Å². The standard InChI is InChI=1S/C21H18N6O2/c22-19(26-28)14-5-1-12(2-6-14)13-3-7-15(8-4-13)21-24-17-10-9-16(20(23)27-29)11-18(17)25-21/h1-11,28-29H,(H2,22,26)(H2,23,27)(H,24,25). The molecule has 0 aliphatic carbocycles. The Kier molecular flexibility index (Phi) is 4.58. The normalized spacial score (nSPS) is 12.4. The molecule has 4 aromatic rings. The van der Waals surface area contributed by atoms with Crippen molar-refractivity contribution in [3.8, 4) is 22.5 Å². The van der Waals surface area contributed by atoms with Gasteiger partial charge in [-0.3, -0.25) is 0 Å². The Morgan fingerprint density at radius 1 is 0.724 bits per heavy atom. The Morgan fingerprint density at radius 2 is 1.24 bits per heavy atom. The number of fused-ring (bicyclic) bond motifs is 1. The van der Waals surface area contributed by atoms with E-state index < -0.39 is 0 Å². The second-order valence-electron chi connectivity index (χ2n) is 6.44. The molecular weight excluding hydrogens is 368 g/mol. The van der Waals surface area contributed by atoms with Crippen LogP contribution in [-0.2, 0) is 0 Å². The van der Waals surface area contributed by atoms with Crippen LogP contribution in [-0.4, -0.2) is 32.1 Å². The first kappa shape index (κ1) is 18.1. The Labute approximate surface area is 165 Å². The number of aromatic amines is 1. The molecule has 0 bridgehead atoms. The lowest BCUT2D eigenvalue weighted by molar-refractivity contribution is 0.318. The number of hydrogen-bond donors (Lipinski definition) is 5. The number of H-pyrrole nitrogens is 1. The van der Waals surface area contributed by atoms with E-state index in [0.717, 1.165) is 33.5 Å². The molecule has 0 saturated heterocycles. The van der Waals surface area contributed by atoms with Gasteiger partial charge in [-0.05, 0) is 29.3 Å². The van der Waals surface area contributed by atoms with Crippen LogP contribution < -0.4 is 11.5 Å². The fraction of sp³-hybridized carbons (Fsp3) is 0. The molecule has 0 aliphatic heterocycles. The van der Waals surface area contributed by atoms with Gasteiger partial charge < -0.3 is 26.9 Å². The van der Waals surface area contributed by atoms with Gasteiger partial charge >= 0.3 is 0 Å². The second-order valence-corrected chi connectivity index (χ2v) is 6.44. The van der Waals surface area contributed by atoms with Crippen LogP contribution in [0.25, 0.3) is 33.5 Å². The van der Waals surface area contributed by atoms with Crippen LogP contribution >= 0.6 is 0 Å². The molecule has 7 N–H and O–H groups in total. The van der Waals surface area contributed by atoms with Crippen molar-refractivity contribution >= 4 is 22.7 Å². The highest BCUT2D eigenvalue weighted by Gasteiger charge is 2.08. The van der Waals surface area contributed by atoms with Gasteiger partial charge in [0.2, 0.25) is 0 Å². The molecule has 0 radical (unpaired) electrons. The van der Waals surface area contributed by atoms with Crippen molar-refractivity contribution in [1.29, 1.82) is 0 Å². The summed E-state index contributed by atoms with van der Waals surface area (Å²) in [5.41, 5.74) is 17.1. The summed E-state index contributed by atoms with van der Waals surface area (Å²) in [6, 6.07) is 20.8. The van der Waals surface area contributed by atoms with Crippen LogP contribution in [0.1, 0.15) is 11.1 Å². The molecule has 144 valence electrons. The lowest BCUT2D eigenvalue weighted by Gasteiger charge is -2.05. The molecule has 1 aromatic heterocycles. The molecule has 0 saturated carbocycles. The number of imidazole rings is 1. The molecule has 0 amide bonds. The first-order chi connectivity index (χ1) is 14.1. The molecule has 29 heavy (non-hydrogen) atoms. The Hall–Kier alpha value is -4.33. The quantitative estimate of drug-likeness (QED) is 0.158. The zero-order chi connectivity index (χ0) is 20.4. The summed E-state index contributed by atoms with van der Waals surface area (Å²) in [4.78, 5) is 7.87. The summed E-state index contributed by atoms with van der Waals surface area (Å²) in [7, 11) is 0. The third kappa shape index (κ3) is 3.46. The lowest BCUT2D eigenvalue weighted by atomic mass is 10.0. The third-order valence-corrected chi connectivity index (χ3v) is 4.67. The maximum Gasteiger partial charge on any atom is 0.170 e. The van der Waals surface area contributed by atoms with Crippen molar-refractivity contribution in [1.82, 2.24) is 9.97 Å². The van der Waals surface area contributed by atoms with Gasteiger partial charge in [-0.2, -0.15) is 0 Å². The van der Waals surface area contributed by atoms with E-state index in [0.29, 0.717) is 11.1 Å². The van der Waals surface area contributed by atoms with Crippen molar-refractivity contribution in [3.63, 3.8) is 0 Å². The van der Waals surface area contributed by atoms with Gasteiger partial charge in [-0.1, -0.05) is 58.8 Å². The Morgan fingerprint density at radius 3 is 1.86 bits per heavy atom. The summed E-state index contributed by atoms with van der Waals surface area (Å²) in [6.07, 6.45) is 0. The zero-order valence-electron chi connectivity index (χ0n) is 15.2. The molecule has 8 heteroatoms. The summed E-state index contributed by atoms with van der Waals surface area (Å²) in [6.45, 7) is 0.